The van der Waals surface area contributed by atoms with Crippen molar-refractivity contribution >= 4 is 31.9 Å². The van der Waals surface area contributed by atoms with Crippen LogP contribution in [0.5, 0.6) is 5.75 Å². The van der Waals surface area contributed by atoms with Gasteiger partial charge in [-0.3, -0.25) is 0 Å². The van der Waals surface area contributed by atoms with Gasteiger partial charge in [0.05, 0.1) is 5.60 Å². The molecule has 0 radical (unpaired) electrons. The Kier molecular flexibility index (Phi) is 27.8. The van der Waals surface area contributed by atoms with Crippen LogP contribution in [-0.4, -0.2) is 37.5 Å². The summed E-state index contributed by atoms with van der Waals surface area (Å²) < 4.78 is 6.96. The first kappa shape index (κ1) is 37.1. The Morgan fingerprint density at radius 1 is 0.595 bits per heavy atom. The van der Waals surface area contributed by atoms with Gasteiger partial charge in [-0.25, -0.2) is 0 Å². The van der Waals surface area contributed by atoms with Crippen LogP contribution < -0.4 is 4.74 Å². The fraction of sp³-hybridized carbons (Fsp3) is 0.824. The molecular formula is C34H64AlLiO. The van der Waals surface area contributed by atoms with Crippen LogP contribution >= 0.6 is 0 Å². The normalized spacial score (nSPS) is 11.2. The van der Waals surface area contributed by atoms with Crippen LogP contribution in [0.15, 0.2) is 30.3 Å². The van der Waals surface area contributed by atoms with Crippen molar-refractivity contribution < 1.29 is 4.74 Å². The maximum atomic E-state index is 6.96. The van der Waals surface area contributed by atoms with Crippen LogP contribution in [-0.2, 0) is 0 Å². The minimum atomic E-state index is -0.732. The average molecular weight is 523 g/mol. The topological polar surface area (TPSA) is 9.23 Å². The van der Waals surface area contributed by atoms with Gasteiger partial charge in [-0.2, -0.15) is 0 Å². The van der Waals surface area contributed by atoms with Crippen molar-refractivity contribution in [3.8, 4) is 5.75 Å². The summed E-state index contributed by atoms with van der Waals surface area (Å²) in [6.07, 6.45) is 24.6. The number of unbranched alkanes of at least 4 members (excludes halogenated alkanes) is 13. The summed E-state index contributed by atoms with van der Waals surface area (Å²) in [5.74, 6) is 1.10. The van der Waals surface area contributed by atoms with E-state index < -0.39 is 14.1 Å². The van der Waals surface area contributed by atoms with Crippen LogP contribution in [0, 0.1) is 0 Å². The van der Waals surface area contributed by atoms with Gasteiger partial charge in [0.1, 0.15) is 5.75 Å². The first-order chi connectivity index (χ1) is 18.1. The first-order valence-electron chi connectivity index (χ1n) is 16.8. The zero-order valence-corrected chi connectivity index (χ0v) is 27.6. The summed E-state index contributed by atoms with van der Waals surface area (Å²) in [6.45, 7) is 11.7. The molecule has 0 saturated heterocycles. The average Bonchev–Trinajstić information content (AvgIpc) is 2.92. The monoisotopic (exact) mass is 522 g/mol. The molecule has 0 aromatic heterocycles. The molecule has 0 aliphatic rings. The molecule has 0 unspecified atom stereocenters. The summed E-state index contributed by atoms with van der Waals surface area (Å²) in [7, 11) is 0. The second-order valence-corrected chi connectivity index (χ2v) is 15.4. The third kappa shape index (κ3) is 21.6. The van der Waals surface area contributed by atoms with E-state index >= 15 is 0 Å². The molecule has 0 spiro atoms. The quantitative estimate of drug-likeness (QED) is 0.0969. The van der Waals surface area contributed by atoms with Crippen LogP contribution in [0.25, 0.3) is 0 Å². The van der Waals surface area contributed by atoms with Gasteiger partial charge in [0.2, 0.25) is 0 Å². The van der Waals surface area contributed by atoms with Crippen molar-refractivity contribution in [2.75, 3.05) is 0 Å². The summed E-state index contributed by atoms with van der Waals surface area (Å²) in [4.78, 5) is 0. The molecule has 0 heterocycles. The molecule has 210 valence electrons. The van der Waals surface area contributed by atoms with Gasteiger partial charge in [-0.05, 0) is 37.8 Å². The van der Waals surface area contributed by atoms with Crippen molar-refractivity contribution in [3.63, 3.8) is 0 Å². The molecule has 1 nitrogen and oxygen atoms in total. The second kappa shape index (κ2) is 27.7. The third-order valence-electron chi connectivity index (χ3n) is 8.07. The number of benzene rings is 1. The molecule has 0 atom stereocenters. The van der Waals surface area contributed by atoms with E-state index in [9.17, 15) is 0 Å². The Morgan fingerprint density at radius 2 is 1.03 bits per heavy atom. The zero-order valence-electron chi connectivity index (χ0n) is 26.4. The summed E-state index contributed by atoms with van der Waals surface area (Å²) in [6, 6.07) is 10.7. The SMILES string of the molecule is CCCCCCCCCC(CCCCCCCCC)([CH2][Al]([CH2]C)[CH2]C)Oc1ccccc1.[Li][CH2]CCC. The Labute approximate surface area is 248 Å². The van der Waals surface area contributed by atoms with Gasteiger partial charge in [-0.1, -0.05) is 139 Å². The molecule has 0 aliphatic heterocycles. The van der Waals surface area contributed by atoms with E-state index in [4.69, 9.17) is 4.74 Å². The van der Waals surface area contributed by atoms with Gasteiger partial charge < -0.3 is 4.74 Å². The Hall–Kier alpha value is 0.150. The van der Waals surface area contributed by atoms with Gasteiger partial charge >= 0.3 is 42.6 Å². The van der Waals surface area contributed by atoms with Crippen molar-refractivity contribution in [3.05, 3.63) is 30.3 Å². The predicted octanol–water partition coefficient (Wildman–Crippen LogP) is 12.0. The van der Waals surface area contributed by atoms with E-state index in [-0.39, 0.29) is 5.60 Å². The molecule has 1 aromatic carbocycles. The number of ether oxygens (including phenoxy) is 1. The summed E-state index contributed by atoms with van der Waals surface area (Å²) >= 11 is 1.48. The van der Waals surface area contributed by atoms with E-state index in [0.717, 1.165) is 5.75 Å². The molecule has 1 aromatic rings. The minimum absolute atomic E-state index is 0.0805. The molecular weight excluding hydrogens is 458 g/mol. The van der Waals surface area contributed by atoms with Crippen LogP contribution in [0.4, 0.5) is 0 Å². The molecule has 0 saturated carbocycles. The molecule has 37 heavy (non-hydrogen) atoms. The number of para-hydroxylation sites is 1. The van der Waals surface area contributed by atoms with Crippen molar-refractivity contribution in [2.45, 2.75) is 177 Å². The molecule has 0 fully saturated rings. The zero-order chi connectivity index (χ0) is 27.5. The Morgan fingerprint density at radius 3 is 1.41 bits per heavy atom. The van der Waals surface area contributed by atoms with Crippen molar-refractivity contribution in [1.82, 2.24) is 0 Å². The van der Waals surface area contributed by atoms with E-state index in [1.165, 1.54) is 137 Å². The van der Waals surface area contributed by atoms with Gasteiger partial charge in [0.15, 0.2) is 0 Å². The number of rotatable bonds is 24. The first-order valence-corrected chi connectivity index (χ1v) is 19.3. The molecule has 0 bridgehead atoms. The van der Waals surface area contributed by atoms with Crippen molar-refractivity contribution in [1.29, 1.82) is 0 Å². The van der Waals surface area contributed by atoms with Crippen molar-refractivity contribution in [2.24, 2.45) is 0 Å². The Balaban J connectivity index is 0.00000235. The maximum absolute atomic E-state index is 6.96. The van der Waals surface area contributed by atoms with Crippen LogP contribution in [0.1, 0.15) is 150 Å². The van der Waals surface area contributed by atoms with E-state index in [1.54, 1.807) is 0 Å². The molecule has 3 heteroatoms. The van der Waals surface area contributed by atoms with Gasteiger partial charge in [0.25, 0.3) is 14.1 Å². The fourth-order valence-corrected chi connectivity index (χ4v) is 8.18. The van der Waals surface area contributed by atoms with E-state index in [0.29, 0.717) is 0 Å². The van der Waals surface area contributed by atoms with Gasteiger partial charge in [0, 0.05) is 0 Å². The van der Waals surface area contributed by atoms with Crippen LogP contribution in [0.2, 0.25) is 20.9 Å². The van der Waals surface area contributed by atoms with Crippen LogP contribution in [0.3, 0.4) is 0 Å². The van der Waals surface area contributed by atoms with Gasteiger partial charge in [-0.15, -0.1) is 0 Å². The molecule has 0 N–H and O–H groups in total. The summed E-state index contributed by atoms with van der Waals surface area (Å²) in [5.41, 5.74) is 0.0805. The number of hydrogen-bond acceptors (Lipinski definition) is 1. The third-order valence-corrected chi connectivity index (χ3v) is 11.7. The standard InChI is InChI=1S/C26H45O.C4H9.2C2H5.Al.Li/c1-4-6-8-10-12-14-19-23-26(3,27-25-21-17-16-18-22-25)24-20-15-13-11-9-7-5-2;1-3-4-2;2*1-2;;/h16-18,21-22H,3-15,19-20,23-24H2,1-2H3;1,3-4H2,2H3;2*1H2,2H3;;. The van der Waals surface area contributed by atoms with E-state index in [1.807, 2.05) is 0 Å². The molecule has 1 rings (SSSR count). The molecule has 0 amide bonds. The van der Waals surface area contributed by atoms with E-state index in [2.05, 4.69) is 82.7 Å². The fourth-order valence-electron chi connectivity index (χ4n) is 5.48. The predicted molar refractivity (Wildman–Crippen MR) is 172 cm³/mol. The molecule has 0 aliphatic carbocycles. The Bertz CT molecular complexity index is 540. The number of hydrogen-bond donors (Lipinski definition) is 0. The summed E-state index contributed by atoms with van der Waals surface area (Å²) in [5, 5.41) is 5.52. The second-order valence-electron chi connectivity index (χ2n) is 11.6.